The molecule has 0 saturated heterocycles. The van der Waals surface area contributed by atoms with Crippen LogP contribution in [0.15, 0.2) is 54.9 Å². The lowest BCUT2D eigenvalue weighted by Crippen LogP contribution is -2.16. The molecule has 0 atom stereocenters. The van der Waals surface area contributed by atoms with Gasteiger partial charge in [0.05, 0.1) is 22.4 Å². The molecule has 1 saturated carbocycles. The normalized spacial score (nSPS) is 13.6. The summed E-state index contributed by atoms with van der Waals surface area (Å²) >= 11 is 0. The molecule has 3 aromatic rings. The molecule has 31 heavy (non-hydrogen) atoms. The first-order valence-corrected chi connectivity index (χ1v) is 9.41. The maximum Gasteiger partial charge on any atom is 0.417 e. The predicted octanol–water partition coefficient (Wildman–Crippen LogP) is 4.99. The van der Waals surface area contributed by atoms with Crippen LogP contribution in [0.1, 0.15) is 50.6 Å². The number of benzene rings is 2. The lowest BCUT2D eigenvalue weighted by Gasteiger charge is -2.12. The summed E-state index contributed by atoms with van der Waals surface area (Å²) in [4.78, 5) is 31.9. The number of halogens is 3. The lowest BCUT2D eigenvalue weighted by molar-refractivity contribution is -0.137. The van der Waals surface area contributed by atoms with Crippen molar-refractivity contribution in [1.29, 1.82) is 0 Å². The van der Waals surface area contributed by atoms with Crippen molar-refractivity contribution in [3.05, 3.63) is 77.1 Å². The second kappa shape index (κ2) is 7.82. The van der Waals surface area contributed by atoms with E-state index in [9.17, 15) is 27.9 Å². The van der Waals surface area contributed by atoms with Gasteiger partial charge >= 0.3 is 12.1 Å². The number of rotatable bonds is 5. The summed E-state index contributed by atoms with van der Waals surface area (Å²) in [5.41, 5.74) is -0.107. The van der Waals surface area contributed by atoms with E-state index >= 15 is 0 Å². The molecule has 0 spiro atoms. The zero-order chi connectivity index (χ0) is 22.2. The maximum absolute atomic E-state index is 13.2. The van der Waals surface area contributed by atoms with E-state index in [1.165, 1.54) is 24.3 Å². The summed E-state index contributed by atoms with van der Waals surface area (Å²) in [5.74, 6) is -1.67. The number of carboxylic acids is 1. The standard InChI is InChI=1S/C22H16F3N3O3/c23-22(24,25)17-4-2-1-3-15(17)19-26-10-14(11-27-19)20(29)28-18-8-7-13(12-5-6-12)9-16(18)21(30)31/h1-4,7-12H,5-6H2,(H,28,29)(H,30,31). The summed E-state index contributed by atoms with van der Waals surface area (Å²) in [6.07, 6.45) is -0.360. The Morgan fingerprint density at radius 2 is 1.71 bits per heavy atom. The van der Waals surface area contributed by atoms with Crippen LogP contribution in [0.3, 0.4) is 0 Å². The second-order valence-electron chi connectivity index (χ2n) is 7.18. The van der Waals surface area contributed by atoms with Gasteiger partial charge < -0.3 is 10.4 Å². The van der Waals surface area contributed by atoms with E-state index in [1.807, 2.05) is 0 Å². The van der Waals surface area contributed by atoms with Crippen LogP contribution in [0, 0.1) is 0 Å². The van der Waals surface area contributed by atoms with Crippen LogP contribution in [0.2, 0.25) is 0 Å². The van der Waals surface area contributed by atoms with Gasteiger partial charge in [-0.15, -0.1) is 0 Å². The first kappa shape index (κ1) is 20.5. The third kappa shape index (κ3) is 4.40. The van der Waals surface area contributed by atoms with Gasteiger partial charge in [-0.2, -0.15) is 13.2 Å². The van der Waals surface area contributed by atoms with Crippen LogP contribution in [-0.4, -0.2) is 27.0 Å². The predicted molar refractivity (Wildman–Crippen MR) is 106 cm³/mol. The van der Waals surface area contributed by atoms with Crippen LogP contribution in [0.5, 0.6) is 0 Å². The van der Waals surface area contributed by atoms with Gasteiger partial charge in [0.25, 0.3) is 5.91 Å². The minimum Gasteiger partial charge on any atom is -0.478 e. The number of hydrogen-bond acceptors (Lipinski definition) is 4. The quantitative estimate of drug-likeness (QED) is 0.599. The fourth-order valence-electron chi connectivity index (χ4n) is 3.22. The molecule has 9 heteroatoms. The van der Waals surface area contributed by atoms with Gasteiger partial charge in [0.15, 0.2) is 5.82 Å². The molecule has 0 radical (unpaired) electrons. The van der Waals surface area contributed by atoms with Gasteiger partial charge in [-0.05, 0) is 42.5 Å². The third-order valence-electron chi connectivity index (χ3n) is 4.96. The van der Waals surface area contributed by atoms with Crippen molar-refractivity contribution in [2.75, 3.05) is 5.32 Å². The first-order chi connectivity index (χ1) is 14.7. The largest absolute Gasteiger partial charge is 0.478 e. The van der Waals surface area contributed by atoms with Gasteiger partial charge in [0.1, 0.15) is 0 Å². The summed E-state index contributed by atoms with van der Waals surface area (Å²) in [7, 11) is 0. The third-order valence-corrected chi connectivity index (χ3v) is 4.96. The minimum atomic E-state index is -4.57. The number of aromatic carboxylic acids is 1. The Morgan fingerprint density at radius 1 is 1.03 bits per heavy atom. The van der Waals surface area contributed by atoms with Crippen molar-refractivity contribution in [3.8, 4) is 11.4 Å². The fraction of sp³-hybridized carbons (Fsp3) is 0.182. The van der Waals surface area contributed by atoms with E-state index in [-0.39, 0.29) is 28.2 Å². The molecule has 1 aromatic heterocycles. The minimum absolute atomic E-state index is 0.0177. The van der Waals surface area contributed by atoms with Crippen molar-refractivity contribution < 1.29 is 27.9 Å². The van der Waals surface area contributed by atoms with E-state index < -0.39 is 23.6 Å². The van der Waals surface area contributed by atoms with E-state index in [0.717, 1.165) is 36.9 Å². The number of carboxylic acid groups (broad SMARTS) is 1. The molecule has 0 bridgehead atoms. The van der Waals surface area contributed by atoms with Crippen LogP contribution >= 0.6 is 0 Å². The Kier molecular flexibility index (Phi) is 5.18. The fourth-order valence-corrected chi connectivity index (χ4v) is 3.22. The zero-order valence-electron chi connectivity index (χ0n) is 16.0. The number of anilines is 1. The van der Waals surface area contributed by atoms with Crippen LogP contribution in [-0.2, 0) is 6.18 Å². The Hall–Kier alpha value is -3.75. The summed E-state index contributed by atoms with van der Waals surface area (Å²) < 4.78 is 39.6. The van der Waals surface area contributed by atoms with Gasteiger partial charge in [-0.1, -0.05) is 24.3 Å². The second-order valence-corrected chi connectivity index (χ2v) is 7.18. The molecule has 0 unspecified atom stereocenters. The average molecular weight is 427 g/mol. The molecule has 1 aliphatic carbocycles. The van der Waals surface area contributed by atoms with Crippen molar-refractivity contribution in [1.82, 2.24) is 9.97 Å². The number of carbonyl (C=O) groups is 2. The molecule has 2 aromatic carbocycles. The molecule has 1 heterocycles. The molecule has 1 aliphatic rings. The van der Waals surface area contributed by atoms with Crippen LogP contribution in [0.4, 0.5) is 18.9 Å². The van der Waals surface area contributed by atoms with Crippen molar-refractivity contribution in [2.24, 2.45) is 0 Å². The number of hydrogen-bond donors (Lipinski definition) is 2. The van der Waals surface area contributed by atoms with Crippen molar-refractivity contribution in [3.63, 3.8) is 0 Å². The highest BCUT2D eigenvalue weighted by molar-refractivity contribution is 6.07. The molecule has 4 rings (SSSR count). The van der Waals surface area contributed by atoms with Crippen LogP contribution in [0.25, 0.3) is 11.4 Å². The molecule has 158 valence electrons. The van der Waals surface area contributed by atoms with E-state index in [1.54, 1.807) is 12.1 Å². The number of alkyl halides is 3. The number of nitrogens with zero attached hydrogens (tertiary/aromatic N) is 2. The van der Waals surface area contributed by atoms with E-state index in [2.05, 4.69) is 15.3 Å². The van der Waals surface area contributed by atoms with Crippen molar-refractivity contribution >= 4 is 17.6 Å². The summed E-state index contributed by atoms with van der Waals surface area (Å²) in [6.45, 7) is 0. The molecular formula is C22H16F3N3O3. The van der Waals surface area contributed by atoms with Gasteiger partial charge in [0, 0.05) is 18.0 Å². The first-order valence-electron chi connectivity index (χ1n) is 9.41. The SMILES string of the molecule is O=C(Nc1ccc(C2CC2)cc1C(=O)O)c1cnc(-c2ccccc2C(F)(F)F)nc1. The number of nitrogens with one attached hydrogen (secondary N) is 1. The zero-order valence-corrected chi connectivity index (χ0v) is 16.0. The molecule has 1 fully saturated rings. The smallest absolute Gasteiger partial charge is 0.417 e. The van der Waals surface area contributed by atoms with Crippen LogP contribution < -0.4 is 5.32 Å². The van der Waals surface area contributed by atoms with E-state index in [4.69, 9.17) is 0 Å². The topological polar surface area (TPSA) is 92.2 Å². The monoisotopic (exact) mass is 427 g/mol. The number of amides is 1. The Labute approximate surface area is 174 Å². The average Bonchev–Trinajstić information content (AvgIpc) is 3.59. The summed E-state index contributed by atoms with van der Waals surface area (Å²) in [6, 6.07) is 9.73. The molecular weight excluding hydrogens is 411 g/mol. The van der Waals surface area contributed by atoms with Gasteiger partial charge in [0.2, 0.25) is 0 Å². The lowest BCUT2D eigenvalue weighted by atomic mass is 10.0. The van der Waals surface area contributed by atoms with Gasteiger partial charge in [-0.3, -0.25) is 4.79 Å². The molecule has 6 nitrogen and oxygen atoms in total. The van der Waals surface area contributed by atoms with E-state index in [0.29, 0.717) is 5.92 Å². The van der Waals surface area contributed by atoms with Crippen molar-refractivity contribution in [2.45, 2.75) is 24.9 Å². The Morgan fingerprint density at radius 3 is 2.32 bits per heavy atom. The highest BCUT2D eigenvalue weighted by Gasteiger charge is 2.34. The van der Waals surface area contributed by atoms with Gasteiger partial charge in [-0.25, -0.2) is 14.8 Å². The molecule has 0 aliphatic heterocycles. The number of aromatic nitrogens is 2. The highest BCUT2D eigenvalue weighted by Crippen LogP contribution is 2.41. The molecule has 1 amide bonds. The summed E-state index contributed by atoms with van der Waals surface area (Å²) in [5, 5.41) is 12.0. The number of carbonyl (C=O) groups excluding carboxylic acids is 1. The highest BCUT2D eigenvalue weighted by atomic mass is 19.4. The maximum atomic E-state index is 13.2. The molecule has 2 N–H and O–H groups in total. The Bertz CT molecular complexity index is 1160. The Balaban J connectivity index is 1.57.